The molecule has 20 heavy (non-hydrogen) atoms. The second-order valence-electron chi connectivity index (χ2n) is 4.48. The number of halogens is 1. The van der Waals surface area contributed by atoms with Crippen LogP contribution in [0, 0.1) is 6.92 Å². The fourth-order valence-electron chi connectivity index (χ4n) is 1.98. The number of carbonyl (C=O) groups excluding carboxylic acids is 1. The molecule has 106 valence electrons. The van der Waals surface area contributed by atoms with Gasteiger partial charge in [-0.25, -0.2) is 0 Å². The van der Waals surface area contributed by atoms with Crippen LogP contribution in [-0.2, 0) is 13.1 Å². The Morgan fingerprint density at radius 2 is 2.25 bits per heavy atom. The summed E-state index contributed by atoms with van der Waals surface area (Å²) in [5, 5.41) is 7.11. The first kappa shape index (κ1) is 14.6. The SMILES string of the molecule is CCn1nc(C)c(N)c1C(=O)NCc1cccc(Br)c1. The number of anilines is 1. The Kier molecular flexibility index (Phi) is 4.44. The lowest BCUT2D eigenvalue weighted by Gasteiger charge is -2.08. The highest BCUT2D eigenvalue weighted by Crippen LogP contribution is 2.17. The van der Waals surface area contributed by atoms with Crippen LogP contribution in [0.4, 0.5) is 5.69 Å². The van der Waals surface area contributed by atoms with Gasteiger partial charge in [0.05, 0.1) is 11.4 Å². The number of nitrogens with one attached hydrogen (secondary N) is 1. The van der Waals surface area contributed by atoms with Crippen LogP contribution >= 0.6 is 15.9 Å². The highest BCUT2D eigenvalue weighted by molar-refractivity contribution is 9.10. The van der Waals surface area contributed by atoms with Crippen molar-refractivity contribution in [2.24, 2.45) is 0 Å². The van der Waals surface area contributed by atoms with Gasteiger partial charge in [0, 0.05) is 17.6 Å². The molecule has 6 heteroatoms. The first-order valence-corrected chi connectivity index (χ1v) is 7.17. The van der Waals surface area contributed by atoms with Gasteiger partial charge in [-0.2, -0.15) is 5.10 Å². The van der Waals surface area contributed by atoms with Crippen molar-refractivity contribution in [1.82, 2.24) is 15.1 Å². The second-order valence-corrected chi connectivity index (χ2v) is 5.39. The molecule has 0 fully saturated rings. The third-order valence-electron chi connectivity index (χ3n) is 3.03. The zero-order valence-corrected chi connectivity index (χ0v) is 13.1. The third-order valence-corrected chi connectivity index (χ3v) is 3.52. The highest BCUT2D eigenvalue weighted by Gasteiger charge is 2.18. The molecular formula is C14H17BrN4O. The van der Waals surface area contributed by atoms with E-state index in [1.54, 1.807) is 11.6 Å². The summed E-state index contributed by atoms with van der Waals surface area (Å²) in [6, 6.07) is 7.79. The smallest absolute Gasteiger partial charge is 0.271 e. The molecule has 5 nitrogen and oxygen atoms in total. The van der Waals surface area contributed by atoms with Crippen molar-refractivity contribution in [2.45, 2.75) is 26.9 Å². The van der Waals surface area contributed by atoms with Gasteiger partial charge in [-0.05, 0) is 31.5 Å². The van der Waals surface area contributed by atoms with Crippen molar-refractivity contribution < 1.29 is 4.79 Å². The van der Waals surface area contributed by atoms with Gasteiger partial charge in [0.2, 0.25) is 0 Å². The molecule has 0 aliphatic carbocycles. The van der Waals surface area contributed by atoms with Gasteiger partial charge in [-0.3, -0.25) is 9.48 Å². The molecule has 2 rings (SSSR count). The number of nitrogen functional groups attached to an aromatic ring is 1. The minimum Gasteiger partial charge on any atom is -0.395 e. The van der Waals surface area contributed by atoms with Crippen LogP contribution in [0.1, 0.15) is 28.7 Å². The Morgan fingerprint density at radius 1 is 1.50 bits per heavy atom. The molecule has 0 aliphatic heterocycles. The Hall–Kier alpha value is -1.82. The predicted octanol–water partition coefficient (Wildman–Crippen LogP) is 2.49. The van der Waals surface area contributed by atoms with E-state index in [4.69, 9.17) is 5.73 Å². The molecule has 0 radical (unpaired) electrons. The van der Waals surface area contributed by atoms with Gasteiger partial charge < -0.3 is 11.1 Å². The van der Waals surface area contributed by atoms with Gasteiger partial charge in [-0.1, -0.05) is 28.1 Å². The van der Waals surface area contributed by atoms with E-state index in [9.17, 15) is 4.79 Å². The van der Waals surface area contributed by atoms with E-state index in [1.807, 2.05) is 31.2 Å². The minimum absolute atomic E-state index is 0.204. The van der Waals surface area contributed by atoms with Crippen LogP contribution in [0.15, 0.2) is 28.7 Å². The number of nitrogens with zero attached hydrogens (tertiary/aromatic N) is 2. The number of benzene rings is 1. The lowest BCUT2D eigenvalue weighted by atomic mass is 10.2. The van der Waals surface area contributed by atoms with E-state index in [1.165, 1.54) is 0 Å². The zero-order chi connectivity index (χ0) is 14.7. The predicted molar refractivity (Wildman–Crippen MR) is 82.4 cm³/mol. The van der Waals surface area contributed by atoms with Crippen molar-refractivity contribution in [3.63, 3.8) is 0 Å². The quantitative estimate of drug-likeness (QED) is 0.900. The van der Waals surface area contributed by atoms with Gasteiger partial charge in [-0.15, -0.1) is 0 Å². The molecule has 0 bridgehead atoms. The van der Waals surface area contributed by atoms with Crippen LogP contribution in [0.2, 0.25) is 0 Å². The van der Waals surface area contributed by atoms with Gasteiger partial charge in [0.1, 0.15) is 5.69 Å². The molecule has 0 saturated carbocycles. The summed E-state index contributed by atoms with van der Waals surface area (Å²) in [5.74, 6) is -0.204. The summed E-state index contributed by atoms with van der Waals surface area (Å²) in [4.78, 5) is 12.3. The van der Waals surface area contributed by atoms with E-state index in [2.05, 4.69) is 26.3 Å². The molecule has 1 aromatic heterocycles. The Bertz CT molecular complexity index is 636. The average Bonchev–Trinajstić information content (AvgIpc) is 2.72. The summed E-state index contributed by atoms with van der Waals surface area (Å²) in [6.45, 7) is 4.78. The van der Waals surface area contributed by atoms with E-state index in [-0.39, 0.29) is 5.91 Å². The summed E-state index contributed by atoms with van der Waals surface area (Å²) in [6.07, 6.45) is 0. The van der Waals surface area contributed by atoms with E-state index in [0.29, 0.717) is 30.2 Å². The van der Waals surface area contributed by atoms with Crippen molar-refractivity contribution >= 4 is 27.5 Å². The summed E-state index contributed by atoms with van der Waals surface area (Å²) >= 11 is 3.41. The maximum absolute atomic E-state index is 12.3. The molecule has 1 amide bonds. The van der Waals surface area contributed by atoms with E-state index < -0.39 is 0 Å². The molecule has 0 spiro atoms. The molecule has 1 heterocycles. The summed E-state index contributed by atoms with van der Waals surface area (Å²) < 4.78 is 2.61. The molecule has 2 aromatic rings. The molecule has 0 atom stereocenters. The first-order chi connectivity index (χ1) is 9.52. The van der Waals surface area contributed by atoms with Crippen molar-refractivity contribution in [3.8, 4) is 0 Å². The van der Waals surface area contributed by atoms with Crippen LogP contribution in [0.3, 0.4) is 0 Å². The third kappa shape index (κ3) is 3.01. The standard InChI is InChI=1S/C14H17BrN4O/c1-3-19-13(12(16)9(2)18-19)14(20)17-8-10-5-4-6-11(15)7-10/h4-7H,3,8,16H2,1-2H3,(H,17,20). The number of nitrogens with two attached hydrogens (primary N) is 1. The van der Waals surface area contributed by atoms with Gasteiger partial charge in [0.25, 0.3) is 5.91 Å². The van der Waals surface area contributed by atoms with Crippen LogP contribution in [0.25, 0.3) is 0 Å². The summed E-state index contributed by atoms with van der Waals surface area (Å²) in [5.41, 5.74) is 8.49. The van der Waals surface area contributed by atoms with Crippen molar-refractivity contribution in [3.05, 3.63) is 45.7 Å². The number of hydrogen-bond donors (Lipinski definition) is 2. The van der Waals surface area contributed by atoms with E-state index >= 15 is 0 Å². The molecule has 3 N–H and O–H groups in total. The number of amides is 1. The lowest BCUT2D eigenvalue weighted by Crippen LogP contribution is -2.26. The van der Waals surface area contributed by atoms with Crippen LogP contribution in [0.5, 0.6) is 0 Å². The average molecular weight is 337 g/mol. The first-order valence-electron chi connectivity index (χ1n) is 6.38. The molecule has 0 unspecified atom stereocenters. The molecular weight excluding hydrogens is 320 g/mol. The van der Waals surface area contributed by atoms with Crippen LogP contribution < -0.4 is 11.1 Å². The molecule has 0 aliphatic rings. The van der Waals surface area contributed by atoms with Gasteiger partial charge >= 0.3 is 0 Å². The van der Waals surface area contributed by atoms with Gasteiger partial charge in [0.15, 0.2) is 0 Å². The molecule has 0 saturated heterocycles. The fourth-order valence-corrected chi connectivity index (χ4v) is 2.42. The number of aryl methyl sites for hydroxylation is 2. The maximum atomic E-state index is 12.3. The zero-order valence-electron chi connectivity index (χ0n) is 11.5. The van der Waals surface area contributed by atoms with Crippen LogP contribution in [-0.4, -0.2) is 15.7 Å². The Balaban J connectivity index is 2.13. The maximum Gasteiger partial charge on any atom is 0.271 e. The fraction of sp³-hybridized carbons (Fsp3) is 0.286. The second kappa shape index (κ2) is 6.09. The molecule has 1 aromatic carbocycles. The Labute approximate surface area is 126 Å². The number of rotatable bonds is 4. The Morgan fingerprint density at radius 3 is 2.90 bits per heavy atom. The monoisotopic (exact) mass is 336 g/mol. The highest BCUT2D eigenvalue weighted by atomic mass is 79.9. The van der Waals surface area contributed by atoms with Crippen molar-refractivity contribution in [2.75, 3.05) is 5.73 Å². The van der Waals surface area contributed by atoms with E-state index in [0.717, 1.165) is 10.0 Å². The topological polar surface area (TPSA) is 72.9 Å². The minimum atomic E-state index is -0.204. The lowest BCUT2D eigenvalue weighted by molar-refractivity contribution is 0.0941. The number of carbonyl (C=O) groups is 1. The number of hydrogen-bond acceptors (Lipinski definition) is 3. The largest absolute Gasteiger partial charge is 0.395 e. The van der Waals surface area contributed by atoms with Crippen molar-refractivity contribution in [1.29, 1.82) is 0 Å². The summed E-state index contributed by atoms with van der Waals surface area (Å²) in [7, 11) is 0. The number of aromatic nitrogens is 2. The normalized spacial score (nSPS) is 10.6.